The molecular formula is C14H25N3S. The van der Waals surface area contributed by atoms with Gasteiger partial charge in [0.2, 0.25) is 0 Å². The van der Waals surface area contributed by atoms with Gasteiger partial charge in [0.25, 0.3) is 0 Å². The lowest BCUT2D eigenvalue weighted by atomic mass is 10.2. The summed E-state index contributed by atoms with van der Waals surface area (Å²) < 4.78 is 0. The first-order valence-corrected chi connectivity index (χ1v) is 7.96. The largest absolute Gasteiger partial charge is 0.345 e. The molecule has 1 fully saturated rings. The molecular weight excluding hydrogens is 242 g/mol. The molecule has 2 atom stereocenters. The van der Waals surface area contributed by atoms with Gasteiger partial charge < -0.3 is 10.2 Å². The highest BCUT2D eigenvalue weighted by atomic mass is 32.1. The van der Waals surface area contributed by atoms with Gasteiger partial charge in [0, 0.05) is 23.5 Å². The Morgan fingerprint density at radius 1 is 1.50 bits per heavy atom. The molecule has 1 aromatic rings. The smallest absolute Gasteiger partial charge is 0.186 e. The molecule has 1 aromatic heterocycles. The third-order valence-corrected chi connectivity index (χ3v) is 5.20. The van der Waals surface area contributed by atoms with Crippen molar-refractivity contribution in [2.24, 2.45) is 0 Å². The predicted molar refractivity (Wildman–Crippen MR) is 79.6 cm³/mol. The van der Waals surface area contributed by atoms with Crippen LogP contribution in [0.5, 0.6) is 0 Å². The molecule has 0 aliphatic carbocycles. The maximum absolute atomic E-state index is 4.80. The predicted octanol–water partition coefficient (Wildman–Crippen LogP) is 3.50. The maximum Gasteiger partial charge on any atom is 0.186 e. The topological polar surface area (TPSA) is 28.2 Å². The molecule has 4 heteroatoms. The fraction of sp³-hybridized carbons (Fsp3) is 0.786. The Kier molecular flexibility index (Phi) is 4.62. The first kappa shape index (κ1) is 13.8. The van der Waals surface area contributed by atoms with E-state index in [1.807, 2.05) is 11.3 Å². The molecule has 0 amide bonds. The van der Waals surface area contributed by atoms with Crippen molar-refractivity contribution in [1.82, 2.24) is 10.3 Å². The number of hydrogen-bond acceptors (Lipinski definition) is 4. The number of thiazole rings is 1. The number of aryl methyl sites for hydroxylation is 1. The fourth-order valence-electron chi connectivity index (χ4n) is 2.83. The van der Waals surface area contributed by atoms with E-state index in [9.17, 15) is 0 Å². The monoisotopic (exact) mass is 267 g/mol. The molecule has 18 heavy (non-hydrogen) atoms. The summed E-state index contributed by atoms with van der Waals surface area (Å²) in [6, 6.07) is 1.13. The molecule has 102 valence electrons. The summed E-state index contributed by atoms with van der Waals surface area (Å²) in [7, 11) is 0. The Balaban J connectivity index is 2.17. The second-order valence-corrected chi connectivity index (χ2v) is 6.13. The Labute approximate surface area is 115 Å². The molecule has 1 aliphatic rings. The Morgan fingerprint density at radius 3 is 2.94 bits per heavy atom. The molecule has 0 bridgehead atoms. The highest BCUT2D eigenvalue weighted by Gasteiger charge is 2.26. The Bertz CT molecular complexity index is 388. The van der Waals surface area contributed by atoms with Crippen molar-refractivity contribution in [3.05, 3.63) is 10.6 Å². The van der Waals surface area contributed by atoms with Crippen LogP contribution in [0.2, 0.25) is 0 Å². The third-order valence-electron chi connectivity index (χ3n) is 3.82. The van der Waals surface area contributed by atoms with Crippen LogP contribution in [-0.2, 0) is 0 Å². The zero-order valence-electron chi connectivity index (χ0n) is 12.0. The number of rotatable bonds is 5. The molecule has 1 saturated heterocycles. The van der Waals surface area contributed by atoms with Gasteiger partial charge >= 0.3 is 0 Å². The maximum atomic E-state index is 4.80. The van der Waals surface area contributed by atoms with Crippen molar-refractivity contribution in [2.45, 2.75) is 59.0 Å². The normalized spacial score (nSPS) is 21.6. The van der Waals surface area contributed by atoms with Gasteiger partial charge in [0.05, 0.1) is 5.69 Å². The van der Waals surface area contributed by atoms with E-state index >= 15 is 0 Å². The minimum atomic E-state index is 0.420. The van der Waals surface area contributed by atoms with Gasteiger partial charge in [0.15, 0.2) is 5.13 Å². The van der Waals surface area contributed by atoms with Crippen molar-refractivity contribution in [2.75, 3.05) is 18.0 Å². The number of nitrogens with one attached hydrogen (secondary N) is 1. The van der Waals surface area contributed by atoms with Gasteiger partial charge in [-0.05, 0) is 39.7 Å². The van der Waals surface area contributed by atoms with E-state index in [1.54, 1.807) is 0 Å². The first-order valence-electron chi connectivity index (χ1n) is 7.14. The second kappa shape index (κ2) is 6.02. The van der Waals surface area contributed by atoms with Gasteiger partial charge in [-0.2, -0.15) is 0 Å². The van der Waals surface area contributed by atoms with Crippen LogP contribution in [-0.4, -0.2) is 24.1 Å². The molecule has 1 aliphatic heterocycles. The van der Waals surface area contributed by atoms with Gasteiger partial charge in [0.1, 0.15) is 0 Å². The van der Waals surface area contributed by atoms with Crippen molar-refractivity contribution in [3.63, 3.8) is 0 Å². The summed E-state index contributed by atoms with van der Waals surface area (Å²) in [5.74, 6) is 0. The van der Waals surface area contributed by atoms with Crippen molar-refractivity contribution in [1.29, 1.82) is 0 Å². The van der Waals surface area contributed by atoms with Crippen molar-refractivity contribution < 1.29 is 0 Å². The Hall–Kier alpha value is -0.610. The van der Waals surface area contributed by atoms with Crippen LogP contribution in [0.15, 0.2) is 0 Å². The van der Waals surface area contributed by atoms with Crippen LogP contribution in [0.1, 0.15) is 56.6 Å². The van der Waals surface area contributed by atoms with Crippen molar-refractivity contribution in [3.8, 4) is 0 Å². The van der Waals surface area contributed by atoms with Crippen LogP contribution < -0.4 is 10.2 Å². The number of anilines is 1. The molecule has 0 aromatic carbocycles. The minimum Gasteiger partial charge on any atom is -0.345 e. The first-order chi connectivity index (χ1) is 8.67. The van der Waals surface area contributed by atoms with E-state index in [0.717, 1.165) is 6.54 Å². The average molecular weight is 267 g/mol. The second-order valence-electron chi connectivity index (χ2n) is 5.12. The van der Waals surface area contributed by atoms with Crippen LogP contribution in [0.25, 0.3) is 0 Å². The van der Waals surface area contributed by atoms with Crippen molar-refractivity contribution >= 4 is 16.5 Å². The van der Waals surface area contributed by atoms with Gasteiger partial charge in [-0.15, -0.1) is 11.3 Å². The average Bonchev–Trinajstić information content (AvgIpc) is 2.94. The standard InChI is InChI=1S/C14H25N3S/c1-5-12-8-7-9-17(12)14-16-11(4)13(18-14)10(3)15-6-2/h10,12,15H,5-9H2,1-4H3. The van der Waals surface area contributed by atoms with Gasteiger partial charge in [-0.1, -0.05) is 13.8 Å². The molecule has 0 saturated carbocycles. The fourth-order valence-corrected chi connectivity index (χ4v) is 4.02. The summed E-state index contributed by atoms with van der Waals surface area (Å²) >= 11 is 1.88. The number of hydrogen-bond donors (Lipinski definition) is 1. The molecule has 3 nitrogen and oxygen atoms in total. The molecule has 2 heterocycles. The van der Waals surface area contributed by atoms with Gasteiger partial charge in [-0.3, -0.25) is 0 Å². The summed E-state index contributed by atoms with van der Waals surface area (Å²) in [4.78, 5) is 8.71. The van der Waals surface area contributed by atoms with E-state index in [2.05, 4.69) is 37.9 Å². The highest BCUT2D eigenvalue weighted by Crippen LogP contribution is 2.35. The summed E-state index contributed by atoms with van der Waals surface area (Å²) in [5.41, 5.74) is 1.20. The summed E-state index contributed by atoms with van der Waals surface area (Å²) in [5, 5.41) is 4.72. The zero-order valence-corrected chi connectivity index (χ0v) is 12.8. The van der Waals surface area contributed by atoms with Crippen LogP contribution >= 0.6 is 11.3 Å². The van der Waals surface area contributed by atoms with E-state index in [-0.39, 0.29) is 0 Å². The lowest BCUT2D eigenvalue weighted by Gasteiger charge is -2.22. The third kappa shape index (κ3) is 2.69. The molecule has 2 rings (SSSR count). The molecule has 0 spiro atoms. The van der Waals surface area contributed by atoms with E-state index in [0.29, 0.717) is 12.1 Å². The minimum absolute atomic E-state index is 0.420. The summed E-state index contributed by atoms with van der Waals surface area (Å²) in [6.45, 7) is 11.0. The van der Waals surface area contributed by atoms with Crippen LogP contribution in [0, 0.1) is 6.92 Å². The molecule has 2 unspecified atom stereocenters. The number of nitrogens with zero attached hydrogens (tertiary/aromatic N) is 2. The Morgan fingerprint density at radius 2 is 2.28 bits per heavy atom. The van der Waals surface area contributed by atoms with Crippen LogP contribution in [0.3, 0.4) is 0 Å². The highest BCUT2D eigenvalue weighted by molar-refractivity contribution is 7.15. The zero-order chi connectivity index (χ0) is 13.1. The lowest BCUT2D eigenvalue weighted by molar-refractivity contribution is 0.603. The molecule has 1 N–H and O–H groups in total. The number of aromatic nitrogens is 1. The van der Waals surface area contributed by atoms with E-state index in [1.165, 1.54) is 41.5 Å². The summed E-state index contributed by atoms with van der Waals surface area (Å²) in [6.07, 6.45) is 3.87. The van der Waals surface area contributed by atoms with E-state index in [4.69, 9.17) is 4.98 Å². The lowest BCUT2D eigenvalue weighted by Crippen LogP contribution is -2.28. The SMILES string of the molecule is CCNC(C)c1sc(N2CCCC2CC)nc1C. The van der Waals surface area contributed by atoms with Crippen LogP contribution in [0.4, 0.5) is 5.13 Å². The van der Waals surface area contributed by atoms with Gasteiger partial charge in [-0.25, -0.2) is 4.98 Å². The quantitative estimate of drug-likeness (QED) is 0.885. The molecule has 0 radical (unpaired) electrons. The van der Waals surface area contributed by atoms with E-state index < -0.39 is 0 Å².